The second kappa shape index (κ2) is 11.8. The van der Waals surface area contributed by atoms with Gasteiger partial charge in [-0.2, -0.15) is 0 Å². The normalized spacial score (nSPS) is 10.7. The number of aryl methyl sites for hydroxylation is 2. The first kappa shape index (κ1) is 22.4. The summed E-state index contributed by atoms with van der Waals surface area (Å²) in [6.07, 6.45) is 6.14. The van der Waals surface area contributed by atoms with Crippen LogP contribution in [0.1, 0.15) is 31.5 Å². The van der Waals surface area contributed by atoms with Crippen molar-refractivity contribution in [1.82, 2.24) is 14.9 Å². The van der Waals surface area contributed by atoms with Crippen LogP contribution in [0.5, 0.6) is 11.5 Å². The van der Waals surface area contributed by atoms with E-state index in [4.69, 9.17) is 14.5 Å². The number of nitrogens with zero attached hydrogens (tertiary/aromatic N) is 2. The molecule has 3 rings (SSSR count). The first-order valence-electron chi connectivity index (χ1n) is 10.8. The van der Waals surface area contributed by atoms with E-state index >= 15 is 0 Å². The van der Waals surface area contributed by atoms with E-state index in [-0.39, 0.29) is 5.91 Å². The molecule has 0 unspecified atom stereocenters. The van der Waals surface area contributed by atoms with Crippen LogP contribution >= 0.6 is 0 Å². The zero-order valence-corrected chi connectivity index (χ0v) is 18.2. The van der Waals surface area contributed by atoms with Gasteiger partial charge in [-0.1, -0.05) is 31.2 Å². The third-order valence-corrected chi connectivity index (χ3v) is 5.13. The molecule has 164 valence electrons. The van der Waals surface area contributed by atoms with Crippen LogP contribution in [0.4, 0.5) is 0 Å². The molecule has 1 N–H and O–H groups in total. The molecule has 0 bridgehead atoms. The molecule has 1 heterocycles. The van der Waals surface area contributed by atoms with Crippen molar-refractivity contribution < 1.29 is 14.3 Å². The predicted molar refractivity (Wildman–Crippen MR) is 124 cm³/mol. The summed E-state index contributed by atoms with van der Waals surface area (Å²) in [5, 5.41) is 2.82. The first-order chi connectivity index (χ1) is 15.2. The van der Waals surface area contributed by atoms with Gasteiger partial charge >= 0.3 is 0 Å². The van der Waals surface area contributed by atoms with Crippen LogP contribution in [0.25, 0.3) is 11.0 Å². The van der Waals surface area contributed by atoms with E-state index in [1.165, 1.54) is 6.08 Å². The molecule has 0 atom stereocenters. The topological polar surface area (TPSA) is 65.4 Å². The van der Waals surface area contributed by atoms with Gasteiger partial charge in [0.1, 0.15) is 17.3 Å². The van der Waals surface area contributed by atoms with Crippen molar-refractivity contribution in [3.05, 3.63) is 67.0 Å². The van der Waals surface area contributed by atoms with Gasteiger partial charge in [-0.15, -0.1) is 0 Å². The van der Waals surface area contributed by atoms with Gasteiger partial charge in [0, 0.05) is 25.6 Å². The van der Waals surface area contributed by atoms with Gasteiger partial charge in [-0.25, -0.2) is 4.98 Å². The maximum absolute atomic E-state index is 11.2. The first-order valence-corrected chi connectivity index (χ1v) is 10.8. The Labute approximate surface area is 183 Å². The molecule has 6 nitrogen and oxygen atoms in total. The number of hydrogen-bond donors (Lipinski definition) is 1. The van der Waals surface area contributed by atoms with Gasteiger partial charge in [-0.3, -0.25) is 4.79 Å². The van der Waals surface area contributed by atoms with Crippen molar-refractivity contribution in [1.29, 1.82) is 0 Å². The number of ether oxygens (including phenoxy) is 2. The number of fused-ring (bicyclic) bond motifs is 1. The molecule has 0 saturated heterocycles. The van der Waals surface area contributed by atoms with Crippen molar-refractivity contribution in [3.63, 3.8) is 0 Å². The molecular formula is C25H31N3O3. The van der Waals surface area contributed by atoms with Crippen molar-refractivity contribution >= 4 is 16.9 Å². The number of nitrogens with one attached hydrogen (secondary N) is 1. The summed E-state index contributed by atoms with van der Waals surface area (Å²) in [6, 6.07) is 15.9. The molecule has 31 heavy (non-hydrogen) atoms. The minimum Gasteiger partial charge on any atom is -0.497 e. The highest BCUT2D eigenvalue weighted by Gasteiger charge is 2.10. The highest BCUT2D eigenvalue weighted by molar-refractivity contribution is 5.86. The molecule has 0 spiro atoms. The Bertz CT molecular complexity index is 997. The molecule has 1 aromatic heterocycles. The maximum Gasteiger partial charge on any atom is 0.243 e. The largest absolute Gasteiger partial charge is 0.497 e. The van der Waals surface area contributed by atoms with Gasteiger partial charge in [0.2, 0.25) is 5.91 Å². The SMILES string of the molecule is C=CC(=O)NCCCCCc1nc2ccccc2n1CCCOc1cccc(OC)c1. The number of amides is 1. The number of methoxy groups -OCH3 is 1. The van der Waals surface area contributed by atoms with Crippen LogP contribution < -0.4 is 14.8 Å². The number of carbonyl (C=O) groups excluding carboxylic acids is 1. The third-order valence-electron chi connectivity index (χ3n) is 5.13. The van der Waals surface area contributed by atoms with Crippen molar-refractivity contribution in [2.24, 2.45) is 0 Å². The van der Waals surface area contributed by atoms with Gasteiger partial charge in [0.05, 0.1) is 24.8 Å². The fourth-order valence-corrected chi connectivity index (χ4v) is 3.54. The highest BCUT2D eigenvalue weighted by Crippen LogP contribution is 2.20. The van der Waals surface area contributed by atoms with Crippen LogP contribution in [-0.2, 0) is 17.8 Å². The zero-order chi connectivity index (χ0) is 21.9. The number of benzene rings is 2. The number of imidazole rings is 1. The average molecular weight is 422 g/mol. The van der Waals surface area contributed by atoms with Crippen LogP contribution in [0.3, 0.4) is 0 Å². The second-order valence-electron chi connectivity index (χ2n) is 7.36. The van der Waals surface area contributed by atoms with Crippen LogP contribution in [-0.4, -0.2) is 35.7 Å². The Morgan fingerprint density at radius 3 is 2.77 bits per heavy atom. The lowest BCUT2D eigenvalue weighted by atomic mass is 10.2. The lowest BCUT2D eigenvalue weighted by Gasteiger charge is -2.11. The molecule has 1 amide bonds. The van der Waals surface area contributed by atoms with Crippen molar-refractivity contribution in [2.45, 2.75) is 38.6 Å². The fraction of sp³-hybridized carbons (Fsp3) is 0.360. The molecule has 0 saturated carbocycles. The van der Waals surface area contributed by atoms with Gasteiger partial charge < -0.3 is 19.4 Å². The molecule has 3 aromatic rings. The Hall–Kier alpha value is -3.28. The number of para-hydroxylation sites is 2. The van der Waals surface area contributed by atoms with Gasteiger partial charge in [0.15, 0.2) is 0 Å². The molecule has 2 aromatic carbocycles. The third kappa shape index (κ3) is 6.60. The van der Waals surface area contributed by atoms with E-state index < -0.39 is 0 Å². The molecule has 0 aliphatic carbocycles. The molecule has 0 fully saturated rings. The fourth-order valence-electron chi connectivity index (χ4n) is 3.54. The van der Waals surface area contributed by atoms with Crippen LogP contribution in [0.2, 0.25) is 0 Å². The monoisotopic (exact) mass is 421 g/mol. The molecule has 0 aliphatic rings. The Balaban J connectivity index is 1.52. The molecule has 0 aliphatic heterocycles. The van der Waals surface area contributed by atoms with Gasteiger partial charge in [0.25, 0.3) is 0 Å². The minimum atomic E-state index is -0.113. The minimum absolute atomic E-state index is 0.113. The summed E-state index contributed by atoms with van der Waals surface area (Å²) in [6.45, 7) is 5.63. The van der Waals surface area contributed by atoms with Crippen molar-refractivity contribution in [3.8, 4) is 11.5 Å². The summed E-state index contributed by atoms with van der Waals surface area (Å²) < 4.78 is 13.5. The number of hydrogen-bond acceptors (Lipinski definition) is 4. The average Bonchev–Trinajstić information content (AvgIpc) is 3.16. The summed E-state index contributed by atoms with van der Waals surface area (Å²) in [7, 11) is 1.65. The number of rotatable bonds is 13. The quantitative estimate of drug-likeness (QED) is 0.325. The molecule has 6 heteroatoms. The van der Waals surface area contributed by atoms with Gasteiger partial charge in [-0.05, 0) is 49.6 Å². The number of unbranched alkanes of at least 4 members (excludes halogenated alkanes) is 2. The maximum atomic E-state index is 11.2. The summed E-state index contributed by atoms with van der Waals surface area (Å²) in [4.78, 5) is 16.1. The standard InChI is InChI=1S/C25H31N3O3/c1-3-25(29)26-16-8-4-5-15-24-27-22-13-6-7-14-23(22)28(24)17-10-18-31-21-12-9-11-20(19-21)30-2/h3,6-7,9,11-14,19H,1,4-5,8,10,15-18H2,2H3,(H,26,29). The van der Waals surface area contributed by atoms with E-state index in [1.807, 2.05) is 30.3 Å². The summed E-state index contributed by atoms with van der Waals surface area (Å²) in [5.74, 6) is 2.61. The number of aromatic nitrogens is 2. The smallest absolute Gasteiger partial charge is 0.243 e. The second-order valence-corrected chi connectivity index (χ2v) is 7.36. The predicted octanol–water partition coefficient (Wildman–Crippen LogP) is 4.53. The van der Waals surface area contributed by atoms with Crippen LogP contribution in [0.15, 0.2) is 61.2 Å². The lowest BCUT2D eigenvalue weighted by Crippen LogP contribution is -2.21. The van der Waals surface area contributed by atoms with E-state index in [9.17, 15) is 4.79 Å². The van der Waals surface area contributed by atoms with E-state index in [0.29, 0.717) is 13.2 Å². The Morgan fingerprint density at radius 1 is 1.10 bits per heavy atom. The van der Waals surface area contributed by atoms with E-state index in [0.717, 1.165) is 67.0 Å². The lowest BCUT2D eigenvalue weighted by molar-refractivity contribution is -0.116. The van der Waals surface area contributed by atoms with E-state index in [1.54, 1.807) is 7.11 Å². The summed E-state index contributed by atoms with van der Waals surface area (Å²) >= 11 is 0. The van der Waals surface area contributed by atoms with Crippen molar-refractivity contribution in [2.75, 3.05) is 20.3 Å². The Morgan fingerprint density at radius 2 is 1.94 bits per heavy atom. The summed E-state index contributed by atoms with van der Waals surface area (Å²) in [5.41, 5.74) is 2.20. The molecule has 0 radical (unpaired) electrons. The number of carbonyl (C=O) groups is 1. The van der Waals surface area contributed by atoms with Crippen LogP contribution in [0, 0.1) is 0 Å². The Kier molecular flexibility index (Phi) is 8.52. The molecular weight excluding hydrogens is 390 g/mol. The zero-order valence-electron chi connectivity index (χ0n) is 18.2. The highest BCUT2D eigenvalue weighted by atomic mass is 16.5. The van der Waals surface area contributed by atoms with E-state index in [2.05, 4.69) is 34.7 Å².